The lowest BCUT2D eigenvalue weighted by atomic mass is 10.1. The predicted octanol–water partition coefficient (Wildman–Crippen LogP) is 3.67. The van der Waals surface area contributed by atoms with Gasteiger partial charge >= 0.3 is 0 Å². The molecule has 2 aromatic heterocycles. The molecule has 0 aliphatic carbocycles. The van der Waals surface area contributed by atoms with Crippen molar-refractivity contribution in [2.75, 3.05) is 31.1 Å². The molecule has 0 atom stereocenters. The lowest BCUT2D eigenvalue weighted by Crippen LogP contribution is -2.49. The zero-order valence-corrected chi connectivity index (χ0v) is 19.0. The highest BCUT2D eigenvalue weighted by Crippen LogP contribution is 2.22. The van der Waals surface area contributed by atoms with Gasteiger partial charge in [-0.1, -0.05) is 32.0 Å². The number of aromatic nitrogens is 4. The Kier molecular flexibility index (Phi) is 5.76. The van der Waals surface area contributed by atoms with E-state index in [1.54, 1.807) is 0 Å². The Morgan fingerprint density at radius 1 is 0.968 bits per heavy atom. The van der Waals surface area contributed by atoms with Crippen molar-refractivity contribution in [3.63, 3.8) is 0 Å². The Hall–Kier alpha value is -3.22. The highest BCUT2D eigenvalue weighted by molar-refractivity contribution is 5.96. The maximum atomic E-state index is 13.4. The lowest BCUT2D eigenvalue weighted by Gasteiger charge is -2.35. The molecule has 3 heterocycles. The molecule has 3 aromatic rings. The van der Waals surface area contributed by atoms with Crippen LogP contribution in [0.5, 0.6) is 0 Å². The van der Waals surface area contributed by atoms with Crippen LogP contribution < -0.4 is 4.90 Å². The third kappa shape index (κ3) is 4.17. The molecule has 1 aliphatic rings. The number of amides is 1. The maximum Gasteiger partial charge on any atom is 0.257 e. The van der Waals surface area contributed by atoms with Gasteiger partial charge in [-0.2, -0.15) is 5.10 Å². The summed E-state index contributed by atoms with van der Waals surface area (Å²) in [6.07, 6.45) is 0. The van der Waals surface area contributed by atoms with Crippen LogP contribution in [0.3, 0.4) is 0 Å². The van der Waals surface area contributed by atoms with Gasteiger partial charge in [0.2, 0.25) is 0 Å². The van der Waals surface area contributed by atoms with Gasteiger partial charge in [-0.25, -0.2) is 14.6 Å². The Labute approximate surface area is 183 Å². The average molecular weight is 419 g/mol. The van der Waals surface area contributed by atoms with Gasteiger partial charge in [0, 0.05) is 43.9 Å². The predicted molar refractivity (Wildman–Crippen MR) is 122 cm³/mol. The minimum absolute atomic E-state index is 0.0542. The number of aryl methyl sites for hydroxylation is 2. The van der Waals surface area contributed by atoms with Gasteiger partial charge in [0.15, 0.2) is 0 Å². The van der Waals surface area contributed by atoms with Crippen LogP contribution in [0.15, 0.2) is 36.4 Å². The van der Waals surface area contributed by atoms with Crippen LogP contribution >= 0.6 is 0 Å². The summed E-state index contributed by atoms with van der Waals surface area (Å²) >= 11 is 0. The van der Waals surface area contributed by atoms with Crippen LogP contribution in [0.25, 0.3) is 5.69 Å². The molecule has 1 saturated heterocycles. The molecule has 1 aliphatic heterocycles. The zero-order chi connectivity index (χ0) is 22.1. The number of benzene rings is 1. The summed E-state index contributed by atoms with van der Waals surface area (Å²) in [4.78, 5) is 26.8. The second kappa shape index (κ2) is 8.49. The molecular weight excluding hydrogens is 388 g/mol. The Bertz CT molecular complexity index is 1080. The van der Waals surface area contributed by atoms with Crippen LogP contribution in [0.2, 0.25) is 0 Å². The van der Waals surface area contributed by atoms with E-state index in [1.165, 1.54) is 0 Å². The van der Waals surface area contributed by atoms with Crippen molar-refractivity contribution in [3.05, 3.63) is 64.9 Å². The van der Waals surface area contributed by atoms with Crippen LogP contribution in [-0.2, 0) is 0 Å². The first kappa shape index (κ1) is 21.0. The number of carbonyl (C=O) groups excluding carboxylic acids is 1. The van der Waals surface area contributed by atoms with Crippen molar-refractivity contribution in [1.82, 2.24) is 24.6 Å². The van der Waals surface area contributed by atoms with E-state index in [1.807, 2.05) is 66.8 Å². The summed E-state index contributed by atoms with van der Waals surface area (Å²) in [5.41, 5.74) is 4.29. The standard InChI is InChI=1S/C24H30N6O/c1-16(2)23-25-17(3)15-21(26-23)28-11-13-29(14-12-28)24(31)22-18(4)27-30(19(22)5)20-9-7-6-8-10-20/h6-10,15-16H,11-14H2,1-5H3. The van der Waals surface area contributed by atoms with Crippen molar-refractivity contribution in [3.8, 4) is 5.69 Å². The van der Waals surface area contributed by atoms with Gasteiger partial charge in [-0.3, -0.25) is 4.79 Å². The maximum absolute atomic E-state index is 13.4. The highest BCUT2D eigenvalue weighted by Gasteiger charge is 2.28. The Morgan fingerprint density at radius 3 is 2.29 bits per heavy atom. The summed E-state index contributed by atoms with van der Waals surface area (Å²) in [5, 5.41) is 4.64. The molecule has 4 rings (SSSR count). The van der Waals surface area contributed by atoms with Crippen molar-refractivity contribution >= 4 is 11.7 Å². The molecule has 0 radical (unpaired) electrons. The fourth-order valence-corrected chi connectivity index (χ4v) is 4.06. The molecule has 31 heavy (non-hydrogen) atoms. The average Bonchev–Trinajstić information content (AvgIpc) is 3.07. The number of rotatable bonds is 4. The van der Waals surface area contributed by atoms with E-state index >= 15 is 0 Å². The summed E-state index contributed by atoms with van der Waals surface area (Å²) in [6.45, 7) is 12.9. The van der Waals surface area contributed by atoms with E-state index in [4.69, 9.17) is 4.98 Å². The lowest BCUT2D eigenvalue weighted by molar-refractivity contribution is 0.0745. The molecular formula is C24H30N6O. The monoisotopic (exact) mass is 418 g/mol. The van der Waals surface area contributed by atoms with E-state index in [2.05, 4.69) is 28.8 Å². The molecule has 0 N–H and O–H groups in total. The molecule has 7 heteroatoms. The fourth-order valence-electron chi connectivity index (χ4n) is 4.06. The second-order valence-electron chi connectivity index (χ2n) is 8.45. The van der Waals surface area contributed by atoms with E-state index in [0.717, 1.165) is 47.5 Å². The van der Waals surface area contributed by atoms with E-state index in [9.17, 15) is 4.79 Å². The van der Waals surface area contributed by atoms with E-state index in [0.29, 0.717) is 18.7 Å². The van der Waals surface area contributed by atoms with Crippen molar-refractivity contribution < 1.29 is 4.79 Å². The minimum atomic E-state index is 0.0542. The molecule has 1 aromatic carbocycles. The fraction of sp³-hybridized carbons (Fsp3) is 0.417. The summed E-state index contributed by atoms with van der Waals surface area (Å²) in [6, 6.07) is 12.0. The third-order valence-corrected chi connectivity index (χ3v) is 5.77. The second-order valence-corrected chi connectivity index (χ2v) is 8.45. The zero-order valence-electron chi connectivity index (χ0n) is 19.0. The van der Waals surface area contributed by atoms with Gasteiger partial charge in [-0.15, -0.1) is 0 Å². The van der Waals surface area contributed by atoms with Gasteiger partial charge < -0.3 is 9.80 Å². The largest absolute Gasteiger partial charge is 0.353 e. The third-order valence-electron chi connectivity index (χ3n) is 5.77. The summed E-state index contributed by atoms with van der Waals surface area (Å²) in [5.74, 6) is 2.16. The van der Waals surface area contributed by atoms with Crippen molar-refractivity contribution in [2.45, 2.75) is 40.5 Å². The highest BCUT2D eigenvalue weighted by atomic mass is 16.2. The van der Waals surface area contributed by atoms with Crippen molar-refractivity contribution in [2.24, 2.45) is 0 Å². The number of anilines is 1. The van der Waals surface area contributed by atoms with E-state index < -0.39 is 0 Å². The van der Waals surface area contributed by atoms with Gasteiger partial charge in [-0.05, 0) is 32.9 Å². The smallest absolute Gasteiger partial charge is 0.257 e. The van der Waals surface area contributed by atoms with Crippen molar-refractivity contribution in [1.29, 1.82) is 0 Å². The summed E-state index contributed by atoms with van der Waals surface area (Å²) < 4.78 is 1.86. The number of carbonyl (C=O) groups is 1. The topological polar surface area (TPSA) is 67.2 Å². The molecule has 0 saturated carbocycles. The van der Waals surface area contributed by atoms with Crippen LogP contribution in [0.4, 0.5) is 5.82 Å². The SMILES string of the molecule is Cc1cc(N2CCN(C(=O)c3c(C)nn(-c4ccccc4)c3C)CC2)nc(C(C)C)n1. The first-order valence-corrected chi connectivity index (χ1v) is 10.9. The summed E-state index contributed by atoms with van der Waals surface area (Å²) in [7, 11) is 0. The number of hydrogen-bond acceptors (Lipinski definition) is 5. The molecule has 1 fully saturated rings. The van der Waals surface area contributed by atoms with Gasteiger partial charge in [0.05, 0.1) is 22.6 Å². The normalized spacial score (nSPS) is 14.4. The quantitative estimate of drug-likeness (QED) is 0.647. The van der Waals surface area contributed by atoms with Crippen LogP contribution in [-0.4, -0.2) is 56.7 Å². The molecule has 0 unspecified atom stereocenters. The Balaban J connectivity index is 1.50. The Morgan fingerprint density at radius 2 is 1.65 bits per heavy atom. The molecule has 7 nitrogen and oxygen atoms in total. The number of piperazine rings is 1. The number of hydrogen-bond donors (Lipinski definition) is 0. The molecule has 1 amide bonds. The molecule has 0 bridgehead atoms. The van der Waals surface area contributed by atoms with E-state index in [-0.39, 0.29) is 11.8 Å². The first-order valence-electron chi connectivity index (χ1n) is 10.9. The number of nitrogens with zero attached hydrogens (tertiary/aromatic N) is 6. The number of para-hydroxylation sites is 1. The minimum Gasteiger partial charge on any atom is -0.353 e. The van der Waals surface area contributed by atoms with Gasteiger partial charge in [0.25, 0.3) is 5.91 Å². The first-order chi connectivity index (χ1) is 14.8. The molecule has 0 spiro atoms. The van der Waals surface area contributed by atoms with Gasteiger partial charge in [0.1, 0.15) is 11.6 Å². The van der Waals surface area contributed by atoms with Crippen LogP contribution in [0, 0.1) is 20.8 Å². The van der Waals surface area contributed by atoms with Crippen LogP contribution in [0.1, 0.15) is 53.0 Å². The molecule has 162 valence electrons.